The molecule has 0 amide bonds. The first kappa shape index (κ1) is 16.2. The van der Waals surface area contributed by atoms with Crippen molar-refractivity contribution in [2.75, 3.05) is 13.1 Å². The van der Waals surface area contributed by atoms with E-state index in [0.717, 1.165) is 35.8 Å². The van der Waals surface area contributed by atoms with Gasteiger partial charge in [0.25, 0.3) is 0 Å². The number of alkyl halides is 3. The van der Waals surface area contributed by atoms with Gasteiger partial charge in [-0.05, 0) is 61.1 Å². The van der Waals surface area contributed by atoms with E-state index in [-0.39, 0.29) is 5.75 Å². The Morgan fingerprint density at radius 1 is 1.12 bits per heavy atom. The summed E-state index contributed by atoms with van der Waals surface area (Å²) in [4.78, 5) is 2.68. The number of halogens is 3. The van der Waals surface area contributed by atoms with Crippen LogP contribution in [-0.2, 0) is 0 Å². The maximum atomic E-state index is 12.3. The Labute approximate surface area is 141 Å². The molecule has 1 aromatic carbocycles. The monoisotopic (exact) mass is 338 g/mol. The minimum absolute atomic E-state index is 0.139. The molecule has 3 aliphatic rings. The predicted octanol–water partition coefficient (Wildman–Crippen LogP) is 4.65. The Hall–Kier alpha value is -1.23. The van der Waals surface area contributed by atoms with Crippen molar-refractivity contribution >= 4 is 0 Å². The molecule has 2 unspecified atom stereocenters. The lowest BCUT2D eigenvalue weighted by Crippen LogP contribution is -2.33. The van der Waals surface area contributed by atoms with E-state index >= 15 is 0 Å². The van der Waals surface area contributed by atoms with E-state index in [1.807, 2.05) is 6.07 Å². The summed E-state index contributed by atoms with van der Waals surface area (Å²) in [5.74, 6) is 2.18. The normalized spacial score (nSPS) is 30.5. The third-order valence-electron chi connectivity index (χ3n) is 5.96. The molecule has 0 spiro atoms. The minimum atomic E-state index is -4.63. The van der Waals surface area contributed by atoms with Crippen molar-refractivity contribution in [3.63, 3.8) is 0 Å². The molecule has 2 nitrogen and oxygen atoms in total. The maximum absolute atomic E-state index is 12.3. The van der Waals surface area contributed by atoms with Crippen LogP contribution < -0.4 is 4.74 Å². The standard InChI is InChI=1S/C19H23F3NO/c20-19(21,22)24-15-7-3-4-13(10-15)8-9-16-17-11-23(12-18(16)17)14-5-1-2-6-14/h3-4,7-8,10,14,16-18H,1-2,5-6,9,11-12H2. The van der Waals surface area contributed by atoms with Crippen molar-refractivity contribution in [3.8, 4) is 5.75 Å². The van der Waals surface area contributed by atoms with Crippen molar-refractivity contribution in [1.82, 2.24) is 4.90 Å². The molecule has 1 aromatic rings. The molecule has 0 aromatic heterocycles. The summed E-state index contributed by atoms with van der Waals surface area (Å²) >= 11 is 0. The van der Waals surface area contributed by atoms with E-state index in [9.17, 15) is 13.2 Å². The lowest BCUT2D eigenvalue weighted by Gasteiger charge is -2.26. The zero-order valence-corrected chi connectivity index (χ0v) is 13.6. The largest absolute Gasteiger partial charge is 0.573 e. The van der Waals surface area contributed by atoms with Gasteiger partial charge in [-0.3, -0.25) is 4.90 Å². The van der Waals surface area contributed by atoms with Crippen LogP contribution in [0.5, 0.6) is 5.75 Å². The van der Waals surface area contributed by atoms with Crippen LogP contribution in [0.2, 0.25) is 0 Å². The average molecular weight is 338 g/mol. The highest BCUT2D eigenvalue weighted by Gasteiger charge is 2.55. The summed E-state index contributed by atoms with van der Waals surface area (Å²) in [7, 11) is 0. The quantitative estimate of drug-likeness (QED) is 0.775. The third kappa shape index (κ3) is 3.56. The Bertz CT molecular complexity index is 570. The van der Waals surface area contributed by atoms with E-state index in [2.05, 4.69) is 16.1 Å². The molecule has 0 bridgehead atoms. The summed E-state index contributed by atoms with van der Waals surface area (Å²) in [5, 5.41) is 0. The molecule has 1 heterocycles. The highest BCUT2D eigenvalue weighted by molar-refractivity contribution is 5.33. The molecule has 2 aliphatic carbocycles. The molecule has 1 saturated heterocycles. The van der Waals surface area contributed by atoms with Gasteiger partial charge < -0.3 is 4.74 Å². The molecule has 5 heteroatoms. The molecule has 0 N–H and O–H groups in total. The molecule has 131 valence electrons. The summed E-state index contributed by atoms with van der Waals surface area (Å²) < 4.78 is 40.8. The SMILES string of the molecule is FC(F)(F)Oc1cccc([CH]CC2C3CN(C4CCCC4)CC23)c1. The first-order chi connectivity index (χ1) is 11.5. The molecule has 4 rings (SSSR count). The summed E-state index contributed by atoms with van der Waals surface area (Å²) in [5.41, 5.74) is 0.814. The molecule has 2 atom stereocenters. The van der Waals surface area contributed by atoms with Gasteiger partial charge in [0.15, 0.2) is 0 Å². The van der Waals surface area contributed by atoms with E-state index in [4.69, 9.17) is 0 Å². The lowest BCUT2D eigenvalue weighted by molar-refractivity contribution is -0.274. The number of piperidine rings is 1. The van der Waals surface area contributed by atoms with Gasteiger partial charge in [-0.15, -0.1) is 13.2 Å². The number of hydrogen-bond donors (Lipinski definition) is 0. The highest BCUT2D eigenvalue weighted by atomic mass is 19.4. The van der Waals surface area contributed by atoms with E-state index in [1.54, 1.807) is 6.07 Å². The fourth-order valence-corrected chi connectivity index (χ4v) is 4.71. The first-order valence-electron chi connectivity index (χ1n) is 8.93. The van der Waals surface area contributed by atoms with Gasteiger partial charge in [-0.1, -0.05) is 25.0 Å². The molecular weight excluding hydrogens is 315 g/mol. The van der Waals surface area contributed by atoms with Crippen molar-refractivity contribution in [2.24, 2.45) is 17.8 Å². The van der Waals surface area contributed by atoms with Crippen LogP contribution in [0, 0.1) is 24.2 Å². The average Bonchev–Trinajstić information content (AvgIpc) is 2.95. The van der Waals surface area contributed by atoms with E-state index < -0.39 is 6.36 Å². The van der Waals surface area contributed by atoms with Gasteiger partial charge in [-0.25, -0.2) is 0 Å². The van der Waals surface area contributed by atoms with Gasteiger partial charge in [0.05, 0.1) is 0 Å². The van der Waals surface area contributed by atoms with Crippen LogP contribution in [0.25, 0.3) is 0 Å². The molecule has 24 heavy (non-hydrogen) atoms. The van der Waals surface area contributed by atoms with Crippen LogP contribution in [0.15, 0.2) is 24.3 Å². The van der Waals surface area contributed by atoms with Crippen LogP contribution in [-0.4, -0.2) is 30.4 Å². The number of fused-ring (bicyclic) bond motifs is 1. The van der Waals surface area contributed by atoms with Gasteiger partial charge in [0.2, 0.25) is 0 Å². The second-order valence-corrected chi connectivity index (χ2v) is 7.44. The van der Waals surface area contributed by atoms with Crippen molar-refractivity contribution in [1.29, 1.82) is 0 Å². The number of ether oxygens (including phenoxy) is 1. The van der Waals surface area contributed by atoms with Crippen molar-refractivity contribution in [2.45, 2.75) is 44.5 Å². The maximum Gasteiger partial charge on any atom is 0.573 e. The second kappa shape index (κ2) is 6.25. The van der Waals surface area contributed by atoms with Crippen LogP contribution >= 0.6 is 0 Å². The van der Waals surface area contributed by atoms with Crippen LogP contribution in [0.4, 0.5) is 13.2 Å². The number of hydrogen-bond acceptors (Lipinski definition) is 2. The zero-order valence-electron chi connectivity index (χ0n) is 13.6. The predicted molar refractivity (Wildman–Crippen MR) is 85.4 cm³/mol. The number of nitrogens with zero attached hydrogens (tertiary/aromatic N) is 1. The molecule has 3 fully saturated rings. The molecule has 1 aliphatic heterocycles. The van der Waals surface area contributed by atoms with Gasteiger partial charge in [0, 0.05) is 19.1 Å². The topological polar surface area (TPSA) is 12.5 Å². The molecular formula is C19H23F3NO. The number of rotatable bonds is 5. The third-order valence-corrected chi connectivity index (χ3v) is 5.96. The smallest absolute Gasteiger partial charge is 0.406 e. The summed E-state index contributed by atoms with van der Waals surface area (Å²) in [6.07, 6.45) is 3.88. The summed E-state index contributed by atoms with van der Waals surface area (Å²) in [6.45, 7) is 2.45. The highest BCUT2D eigenvalue weighted by Crippen LogP contribution is 2.55. The summed E-state index contributed by atoms with van der Waals surface area (Å²) in [6, 6.07) is 7.08. The van der Waals surface area contributed by atoms with E-state index in [0.29, 0.717) is 0 Å². The Morgan fingerprint density at radius 3 is 2.50 bits per heavy atom. The van der Waals surface area contributed by atoms with Gasteiger partial charge in [-0.2, -0.15) is 0 Å². The lowest BCUT2D eigenvalue weighted by atomic mass is 10.0. The van der Waals surface area contributed by atoms with E-state index in [1.165, 1.54) is 50.9 Å². The fraction of sp³-hybridized carbons (Fsp3) is 0.632. The van der Waals surface area contributed by atoms with Crippen LogP contribution in [0.1, 0.15) is 37.7 Å². The number of benzene rings is 1. The number of likely N-dealkylation sites (tertiary alicyclic amines) is 1. The Morgan fingerprint density at radius 2 is 1.83 bits per heavy atom. The molecule has 2 saturated carbocycles. The Kier molecular flexibility index (Phi) is 4.23. The van der Waals surface area contributed by atoms with Crippen molar-refractivity contribution in [3.05, 3.63) is 36.2 Å². The van der Waals surface area contributed by atoms with Crippen molar-refractivity contribution < 1.29 is 17.9 Å². The minimum Gasteiger partial charge on any atom is -0.406 e. The van der Waals surface area contributed by atoms with Crippen LogP contribution in [0.3, 0.4) is 0 Å². The Balaban J connectivity index is 1.25. The fourth-order valence-electron chi connectivity index (χ4n) is 4.71. The molecule has 1 radical (unpaired) electrons. The van der Waals surface area contributed by atoms with Gasteiger partial charge >= 0.3 is 6.36 Å². The zero-order chi connectivity index (χ0) is 16.7. The van der Waals surface area contributed by atoms with Gasteiger partial charge in [0.1, 0.15) is 5.75 Å². The second-order valence-electron chi connectivity index (χ2n) is 7.44. The first-order valence-corrected chi connectivity index (χ1v) is 8.93.